The van der Waals surface area contributed by atoms with Gasteiger partial charge in [-0.3, -0.25) is 14.6 Å². The Kier molecular flexibility index (Phi) is 4.80. The number of ether oxygens (including phenoxy) is 1. The van der Waals surface area contributed by atoms with Crippen molar-refractivity contribution < 1.29 is 9.53 Å². The number of hydrogen-bond donors (Lipinski definition) is 0. The lowest BCUT2D eigenvalue weighted by molar-refractivity contribution is 0.0530. The lowest BCUT2D eigenvalue weighted by Gasteiger charge is -2.32. The highest BCUT2D eigenvalue weighted by atomic mass is 35.5. The number of rotatable bonds is 3. The summed E-state index contributed by atoms with van der Waals surface area (Å²) in [7, 11) is 1.52. The summed E-state index contributed by atoms with van der Waals surface area (Å²) in [5.41, 5.74) is -0.00146. The van der Waals surface area contributed by atoms with Crippen LogP contribution in [0, 0.1) is 0 Å². The maximum absolute atomic E-state index is 12.6. The highest BCUT2D eigenvalue weighted by Gasteiger charge is 2.27. The van der Waals surface area contributed by atoms with E-state index < -0.39 is 0 Å². The first-order valence-electron chi connectivity index (χ1n) is 7.64. The third kappa shape index (κ3) is 3.56. The molecular formula is C16H17ClN4O3. The average molecular weight is 349 g/mol. The number of aromatic nitrogens is 3. The van der Waals surface area contributed by atoms with E-state index >= 15 is 0 Å². The lowest BCUT2D eigenvalue weighted by Crippen LogP contribution is -2.45. The number of carbonyl (C=O) groups is 1. The van der Waals surface area contributed by atoms with Crippen LogP contribution in [-0.4, -0.2) is 44.8 Å². The number of nitrogens with zero attached hydrogens (tertiary/aromatic N) is 4. The largest absolute Gasteiger partial charge is 0.487 e. The van der Waals surface area contributed by atoms with E-state index in [1.54, 1.807) is 17.2 Å². The van der Waals surface area contributed by atoms with Crippen LogP contribution in [0.5, 0.6) is 5.75 Å². The van der Waals surface area contributed by atoms with E-state index in [4.69, 9.17) is 16.3 Å². The molecule has 1 amide bonds. The maximum atomic E-state index is 12.6. The molecule has 0 bridgehead atoms. The smallest absolute Gasteiger partial charge is 0.274 e. The monoisotopic (exact) mass is 348 g/mol. The summed E-state index contributed by atoms with van der Waals surface area (Å²) in [6.45, 7) is 1.08. The van der Waals surface area contributed by atoms with Crippen molar-refractivity contribution in [1.82, 2.24) is 19.7 Å². The van der Waals surface area contributed by atoms with Crippen LogP contribution >= 0.6 is 11.6 Å². The summed E-state index contributed by atoms with van der Waals surface area (Å²) < 4.78 is 7.06. The molecule has 7 nitrogen and oxygen atoms in total. The maximum Gasteiger partial charge on any atom is 0.274 e. The Labute approximate surface area is 143 Å². The molecule has 24 heavy (non-hydrogen) atoms. The van der Waals surface area contributed by atoms with Crippen molar-refractivity contribution in [2.24, 2.45) is 7.05 Å². The molecule has 1 atom stereocenters. The van der Waals surface area contributed by atoms with E-state index in [1.807, 2.05) is 0 Å². The van der Waals surface area contributed by atoms with Gasteiger partial charge in [0, 0.05) is 38.1 Å². The van der Waals surface area contributed by atoms with Gasteiger partial charge in [0.15, 0.2) is 0 Å². The molecule has 1 fully saturated rings. The van der Waals surface area contributed by atoms with Crippen molar-refractivity contribution in [3.8, 4) is 5.75 Å². The van der Waals surface area contributed by atoms with Gasteiger partial charge in [0.2, 0.25) is 0 Å². The molecule has 126 valence electrons. The number of piperidine rings is 1. The third-order valence-electron chi connectivity index (χ3n) is 3.87. The minimum Gasteiger partial charge on any atom is -0.487 e. The summed E-state index contributed by atoms with van der Waals surface area (Å²) in [4.78, 5) is 29.6. The second-order valence-electron chi connectivity index (χ2n) is 5.62. The first kappa shape index (κ1) is 16.4. The van der Waals surface area contributed by atoms with Crippen LogP contribution in [0.1, 0.15) is 23.3 Å². The van der Waals surface area contributed by atoms with Gasteiger partial charge in [0.05, 0.1) is 6.54 Å². The van der Waals surface area contributed by atoms with Gasteiger partial charge >= 0.3 is 0 Å². The Morgan fingerprint density at radius 3 is 2.96 bits per heavy atom. The first-order valence-corrected chi connectivity index (χ1v) is 8.02. The Balaban J connectivity index is 1.71. The van der Waals surface area contributed by atoms with Gasteiger partial charge in [-0.25, -0.2) is 4.68 Å². The number of carbonyl (C=O) groups excluding carboxylic acids is 1. The zero-order chi connectivity index (χ0) is 17.1. The van der Waals surface area contributed by atoms with Crippen LogP contribution in [0.25, 0.3) is 0 Å². The van der Waals surface area contributed by atoms with E-state index in [0.29, 0.717) is 23.9 Å². The molecule has 0 aromatic carbocycles. The molecule has 1 unspecified atom stereocenters. The molecule has 1 aliphatic heterocycles. The van der Waals surface area contributed by atoms with E-state index in [0.717, 1.165) is 17.5 Å². The minimum atomic E-state index is -0.251. The standard InChI is InChI=1S/C16H17ClN4O3/c1-20-15(22)5-4-13(19-20)16(23)21-8-2-3-11(10-21)24-14-6-7-18-9-12(14)17/h4-7,9,11H,2-3,8,10H2,1H3. The van der Waals surface area contributed by atoms with Crippen molar-refractivity contribution in [3.05, 3.63) is 51.7 Å². The average Bonchev–Trinajstić information content (AvgIpc) is 2.59. The van der Waals surface area contributed by atoms with Crippen molar-refractivity contribution in [2.75, 3.05) is 13.1 Å². The highest BCUT2D eigenvalue weighted by molar-refractivity contribution is 6.31. The van der Waals surface area contributed by atoms with Gasteiger partial charge in [-0.05, 0) is 18.9 Å². The van der Waals surface area contributed by atoms with Gasteiger partial charge in [0.25, 0.3) is 11.5 Å². The summed E-state index contributed by atoms with van der Waals surface area (Å²) in [5, 5.41) is 4.46. The molecule has 2 aromatic rings. The van der Waals surface area contributed by atoms with E-state index in [9.17, 15) is 9.59 Å². The molecule has 2 aromatic heterocycles. The molecule has 0 spiro atoms. The lowest BCUT2D eigenvalue weighted by atomic mass is 10.1. The predicted octanol–water partition coefficient (Wildman–Crippen LogP) is 1.51. The summed E-state index contributed by atoms with van der Waals surface area (Å²) in [6, 6.07) is 4.50. The van der Waals surface area contributed by atoms with Crippen molar-refractivity contribution in [1.29, 1.82) is 0 Å². The molecular weight excluding hydrogens is 332 g/mol. The molecule has 3 rings (SSSR count). The predicted molar refractivity (Wildman–Crippen MR) is 88.3 cm³/mol. The second-order valence-corrected chi connectivity index (χ2v) is 6.03. The van der Waals surface area contributed by atoms with Gasteiger partial charge in [-0.2, -0.15) is 5.10 Å². The molecule has 0 radical (unpaired) electrons. The normalized spacial score (nSPS) is 17.6. The summed E-state index contributed by atoms with van der Waals surface area (Å²) in [6.07, 6.45) is 4.65. The Morgan fingerprint density at radius 2 is 2.21 bits per heavy atom. The van der Waals surface area contributed by atoms with Crippen LogP contribution in [0.15, 0.2) is 35.4 Å². The molecule has 0 saturated carbocycles. The fraction of sp³-hybridized carbons (Fsp3) is 0.375. The molecule has 0 aliphatic carbocycles. The van der Waals surface area contributed by atoms with Gasteiger partial charge in [0.1, 0.15) is 22.6 Å². The Hall–Kier alpha value is -2.41. The topological polar surface area (TPSA) is 77.3 Å². The SMILES string of the molecule is Cn1nc(C(=O)N2CCCC(Oc3ccncc3Cl)C2)ccc1=O. The zero-order valence-electron chi connectivity index (χ0n) is 13.2. The van der Waals surface area contributed by atoms with Crippen molar-refractivity contribution in [3.63, 3.8) is 0 Å². The number of likely N-dealkylation sites (tertiary alicyclic amines) is 1. The van der Waals surface area contributed by atoms with Gasteiger partial charge < -0.3 is 9.64 Å². The van der Waals surface area contributed by atoms with Gasteiger partial charge in [-0.15, -0.1) is 0 Å². The Bertz CT molecular complexity index is 808. The molecule has 1 saturated heterocycles. The van der Waals surface area contributed by atoms with Crippen LogP contribution in [0.4, 0.5) is 0 Å². The minimum absolute atomic E-state index is 0.143. The fourth-order valence-corrected chi connectivity index (χ4v) is 2.80. The van der Waals surface area contributed by atoms with Crippen LogP contribution in [0.3, 0.4) is 0 Å². The second kappa shape index (κ2) is 7.00. The molecule has 8 heteroatoms. The fourth-order valence-electron chi connectivity index (χ4n) is 2.63. The van der Waals surface area contributed by atoms with Crippen LogP contribution in [-0.2, 0) is 7.05 Å². The van der Waals surface area contributed by atoms with Crippen molar-refractivity contribution in [2.45, 2.75) is 18.9 Å². The molecule has 0 N–H and O–H groups in total. The Morgan fingerprint density at radius 1 is 1.38 bits per heavy atom. The quantitative estimate of drug-likeness (QED) is 0.840. The van der Waals surface area contributed by atoms with Crippen molar-refractivity contribution >= 4 is 17.5 Å². The number of halogens is 1. The van der Waals surface area contributed by atoms with E-state index in [-0.39, 0.29) is 23.3 Å². The number of aryl methyl sites for hydroxylation is 1. The third-order valence-corrected chi connectivity index (χ3v) is 4.16. The van der Waals surface area contributed by atoms with E-state index in [2.05, 4.69) is 10.1 Å². The first-order chi connectivity index (χ1) is 11.5. The molecule has 1 aliphatic rings. The highest BCUT2D eigenvalue weighted by Crippen LogP contribution is 2.25. The molecule has 3 heterocycles. The van der Waals surface area contributed by atoms with Crippen LogP contribution in [0.2, 0.25) is 5.02 Å². The zero-order valence-corrected chi connectivity index (χ0v) is 13.9. The van der Waals surface area contributed by atoms with Crippen LogP contribution < -0.4 is 10.3 Å². The van der Waals surface area contributed by atoms with Gasteiger partial charge in [-0.1, -0.05) is 11.6 Å². The number of amides is 1. The number of hydrogen-bond acceptors (Lipinski definition) is 5. The summed E-state index contributed by atoms with van der Waals surface area (Å²) in [5.74, 6) is 0.353. The summed E-state index contributed by atoms with van der Waals surface area (Å²) >= 11 is 6.06. The number of pyridine rings is 1. The van der Waals surface area contributed by atoms with E-state index in [1.165, 1.54) is 25.4 Å².